The summed E-state index contributed by atoms with van der Waals surface area (Å²) in [4.78, 5) is 11.5. The second-order valence-corrected chi connectivity index (χ2v) is 4.68. The van der Waals surface area contributed by atoms with Crippen molar-refractivity contribution in [2.75, 3.05) is 7.11 Å². The number of rotatable bonds is 2. The Bertz CT molecular complexity index is 417. The Kier molecular flexibility index (Phi) is 3.38. The molecule has 3 heteroatoms. The van der Waals surface area contributed by atoms with Crippen LogP contribution in [0, 0.1) is 13.8 Å². The van der Waals surface area contributed by atoms with E-state index in [2.05, 4.69) is 0 Å². The molecule has 2 N–H and O–H groups in total. The highest BCUT2D eigenvalue weighted by Gasteiger charge is 2.20. The zero-order valence-corrected chi connectivity index (χ0v) is 10.5. The lowest BCUT2D eigenvalue weighted by atomic mass is 9.87. The molecule has 0 fully saturated rings. The van der Waals surface area contributed by atoms with Gasteiger partial charge in [-0.3, -0.25) is 0 Å². The predicted molar refractivity (Wildman–Crippen MR) is 64.5 cm³/mol. The van der Waals surface area contributed by atoms with Gasteiger partial charge in [0.1, 0.15) is 0 Å². The molecule has 0 saturated carbocycles. The zero-order chi connectivity index (χ0) is 12.5. The molecule has 0 saturated heterocycles. The molecule has 16 heavy (non-hydrogen) atoms. The van der Waals surface area contributed by atoms with Gasteiger partial charge < -0.3 is 10.5 Å². The predicted octanol–water partition coefficient (Wildman–Crippen LogP) is 2.28. The van der Waals surface area contributed by atoms with Gasteiger partial charge in [-0.15, -0.1) is 0 Å². The number of hydrogen-bond donors (Lipinski definition) is 1. The number of hydrogen-bond acceptors (Lipinski definition) is 3. The third-order valence-electron chi connectivity index (χ3n) is 2.78. The molecule has 0 aromatic heterocycles. The number of methoxy groups -OCH3 is 1. The fourth-order valence-corrected chi connectivity index (χ4v) is 1.76. The van der Waals surface area contributed by atoms with E-state index in [0.29, 0.717) is 5.56 Å². The van der Waals surface area contributed by atoms with Gasteiger partial charge in [-0.05, 0) is 56.5 Å². The summed E-state index contributed by atoms with van der Waals surface area (Å²) >= 11 is 0. The lowest BCUT2D eigenvalue weighted by molar-refractivity contribution is 0.0600. The third-order valence-corrected chi connectivity index (χ3v) is 2.78. The van der Waals surface area contributed by atoms with Gasteiger partial charge in [0.25, 0.3) is 0 Å². The van der Waals surface area contributed by atoms with Crippen LogP contribution in [0.3, 0.4) is 0 Å². The highest BCUT2D eigenvalue weighted by Crippen LogP contribution is 2.25. The van der Waals surface area contributed by atoms with Crippen molar-refractivity contribution in [3.63, 3.8) is 0 Å². The zero-order valence-electron chi connectivity index (χ0n) is 10.5. The number of benzene rings is 1. The average molecular weight is 221 g/mol. The Labute approximate surface area is 96.6 Å². The largest absolute Gasteiger partial charge is 0.465 e. The first kappa shape index (κ1) is 12.7. The molecular weight excluding hydrogens is 202 g/mol. The summed E-state index contributed by atoms with van der Waals surface area (Å²) in [6.07, 6.45) is 0. The van der Waals surface area contributed by atoms with Crippen molar-refractivity contribution in [3.05, 3.63) is 34.4 Å². The van der Waals surface area contributed by atoms with Crippen LogP contribution in [-0.4, -0.2) is 13.1 Å². The summed E-state index contributed by atoms with van der Waals surface area (Å²) in [5.41, 5.74) is 9.34. The van der Waals surface area contributed by atoms with Crippen LogP contribution in [0.4, 0.5) is 0 Å². The number of aryl methyl sites for hydroxylation is 1. The maximum absolute atomic E-state index is 11.5. The molecule has 0 amide bonds. The van der Waals surface area contributed by atoms with E-state index in [1.54, 1.807) is 0 Å². The quantitative estimate of drug-likeness (QED) is 0.779. The molecule has 0 atom stereocenters. The van der Waals surface area contributed by atoms with Gasteiger partial charge in [-0.25, -0.2) is 4.79 Å². The molecule has 0 heterocycles. The summed E-state index contributed by atoms with van der Waals surface area (Å²) in [5, 5.41) is 0. The summed E-state index contributed by atoms with van der Waals surface area (Å²) in [6.45, 7) is 7.84. The molecule has 0 bridgehead atoms. The SMILES string of the molecule is COC(=O)c1cc(C)c(C)c(C(C)(C)N)c1. The normalized spacial score (nSPS) is 11.4. The van der Waals surface area contributed by atoms with Crippen molar-refractivity contribution in [1.82, 2.24) is 0 Å². The van der Waals surface area contributed by atoms with Crippen molar-refractivity contribution in [1.29, 1.82) is 0 Å². The van der Waals surface area contributed by atoms with Gasteiger partial charge in [0, 0.05) is 5.54 Å². The molecule has 0 radical (unpaired) electrons. The van der Waals surface area contributed by atoms with Crippen LogP contribution >= 0.6 is 0 Å². The van der Waals surface area contributed by atoms with Crippen LogP contribution in [0.15, 0.2) is 12.1 Å². The summed E-state index contributed by atoms with van der Waals surface area (Å²) in [7, 11) is 1.38. The number of ether oxygens (including phenoxy) is 1. The van der Waals surface area contributed by atoms with E-state index >= 15 is 0 Å². The molecule has 0 aliphatic heterocycles. The second kappa shape index (κ2) is 4.26. The first-order chi connectivity index (χ1) is 7.27. The highest BCUT2D eigenvalue weighted by atomic mass is 16.5. The van der Waals surface area contributed by atoms with Crippen LogP contribution in [-0.2, 0) is 10.3 Å². The number of nitrogens with two attached hydrogens (primary N) is 1. The van der Waals surface area contributed by atoms with Gasteiger partial charge in [0.05, 0.1) is 12.7 Å². The standard InChI is InChI=1S/C13H19NO2/c1-8-6-10(12(15)16-5)7-11(9(8)2)13(3,4)14/h6-7H,14H2,1-5H3. The maximum atomic E-state index is 11.5. The molecule has 0 aliphatic carbocycles. The Morgan fingerprint density at radius 3 is 2.31 bits per heavy atom. The van der Waals surface area contributed by atoms with Gasteiger partial charge in [0.15, 0.2) is 0 Å². The fraction of sp³-hybridized carbons (Fsp3) is 0.462. The average Bonchev–Trinajstić information content (AvgIpc) is 2.18. The molecule has 88 valence electrons. The first-order valence-electron chi connectivity index (χ1n) is 5.26. The molecular formula is C13H19NO2. The molecule has 0 aliphatic rings. The maximum Gasteiger partial charge on any atom is 0.337 e. The van der Waals surface area contributed by atoms with Crippen LogP contribution in [0.5, 0.6) is 0 Å². The van der Waals surface area contributed by atoms with Crippen molar-refractivity contribution in [2.24, 2.45) is 5.73 Å². The lowest BCUT2D eigenvalue weighted by Gasteiger charge is -2.23. The molecule has 0 spiro atoms. The molecule has 1 rings (SSSR count). The minimum atomic E-state index is -0.459. The highest BCUT2D eigenvalue weighted by molar-refractivity contribution is 5.90. The van der Waals surface area contributed by atoms with Crippen molar-refractivity contribution in [3.8, 4) is 0 Å². The summed E-state index contributed by atoms with van der Waals surface area (Å²) < 4.78 is 4.72. The van der Waals surface area contributed by atoms with E-state index in [1.807, 2.05) is 39.8 Å². The monoisotopic (exact) mass is 221 g/mol. The third kappa shape index (κ3) is 2.42. The Morgan fingerprint density at radius 1 is 1.31 bits per heavy atom. The van der Waals surface area contributed by atoms with Crippen molar-refractivity contribution < 1.29 is 9.53 Å². The minimum absolute atomic E-state index is 0.325. The first-order valence-corrected chi connectivity index (χ1v) is 5.26. The summed E-state index contributed by atoms with van der Waals surface area (Å²) in [6, 6.07) is 3.64. The fourth-order valence-electron chi connectivity index (χ4n) is 1.76. The lowest BCUT2D eigenvalue weighted by Crippen LogP contribution is -2.30. The van der Waals surface area contributed by atoms with E-state index in [-0.39, 0.29) is 5.97 Å². The summed E-state index contributed by atoms with van der Waals surface area (Å²) in [5.74, 6) is -0.325. The van der Waals surface area contributed by atoms with E-state index in [9.17, 15) is 4.79 Å². The van der Waals surface area contributed by atoms with Gasteiger partial charge in [0.2, 0.25) is 0 Å². The van der Waals surface area contributed by atoms with Gasteiger partial charge >= 0.3 is 5.97 Å². The van der Waals surface area contributed by atoms with E-state index in [0.717, 1.165) is 16.7 Å². The second-order valence-electron chi connectivity index (χ2n) is 4.68. The van der Waals surface area contributed by atoms with E-state index in [4.69, 9.17) is 10.5 Å². The Hall–Kier alpha value is -1.35. The van der Waals surface area contributed by atoms with E-state index in [1.165, 1.54) is 7.11 Å². The smallest absolute Gasteiger partial charge is 0.337 e. The molecule has 1 aromatic carbocycles. The number of carbonyl (C=O) groups is 1. The van der Waals surface area contributed by atoms with Crippen LogP contribution in [0.25, 0.3) is 0 Å². The molecule has 3 nitrogen and oxygen atoms in total. The van der Waals surface area contributed by atoms with Crippen LogP contribution in [0.2, 0.25) is 0 Å². The Balaban J connectivity index is 3.39. The topological polar surface area (TPSA) is 52.3 Å². The minimum Gasteiger partial charge on any atom is -0.465 e. The number of carbonyl (C=O) groups excluding carboxylic acids is 1. The Morgan fingerprint density at radius 2 is 1.88 bits per heavy atom. The van der Waals surface area contributed by atoms with Crippen molar-refractivity contribution >= 4 is 5.97 Å². The van der Waals surface area contributed by atoms with Crippen LogP contribution < -0.4 is 5.73 Å². The van der Waals surface area contributed by atoms with Crippen LogP contribution in [0.1, 0.15) is 40.9 Å². The van der Waals surface area contributed by atoms with E-state index < -0.39 is 5.54 Å². The van der Waals surface area contributed by atoms with Gasteiger partial charge in [-0.1, -0.05) is 0 Å². The van der Waals surface area contributed by atoms with Gasteiger partial charge in [-0.2, -0.15) is 0 Å². The number of esters is 1. The molecule has 0 unspecified atom stereocenters. The molecule has 1 aromatic rings. The van der Waals surface area contributed by atoms with Crippen molar-refractivity contribution in [2.45, 2.75) is 33.2 Å².